The summed E-state index contributed by atoms with van der Waals surface area (Å²) >= 11 is 0. The van der Waals surface area contributed by atoms with Gasteiger partial charge >= 0.3 is 5.97 Å². The molecule has 0 fully saturated rings. The van der Waals surface area contributed by atoms with Crippen LogP contribution in [0.4, 0.5) is 5.82 Å². The Morgan fingerprint density at radius 2 is 2.12 bits per heavy atom. The molecular weight excluding hydrogens is 218 g/mol. The summed E-state index contributed by atoms with van der Waals surface area (Å²) in [6.07, 6.45) is 0.367. The van der Waals surface area contributed by atoms with Gasteiger partial charge in [0, 0.05) is 25.4 Å². The minimum atomic E-state index is -0.179. The first-order valence-electron chi connectivity index (χ1n) is 5.72. The standard InChI is InChI=1S/C12H19N3O2/c1-5-17-12(16)6-7-15(4)11-8-9(2)13-10(3)14-11/h8H,5-7H2,1-4H3. The molecule has 0 saturated carbocycles. The lowest BCUT2D eigenvalue weighted by Crippen LogP contribution is -2.23. The van der Waals surface area contributed by atoms with Gasteiger partial charge in [-0.2, -0.15) is 0 Å². The second-order valence-electron chi connectivity index (χ2n) is 3.89. The van der Waals surface area contributed by atoms with Crippen molar-refractivity contribution < 1.29 is 9.53 Å². The van der Waals surface area contributed by atoms with E-state index >= 15 is 0 Å². The van der Waals surface area contributed by atoms with Crippen LogP contribution in [0.15, 0.2) is 6.07 Å². The number of hydrogen-bond acceptors (Lipinski definition) is 5. The predicted octanol–water partition coefficient (Wildman–Crippen LogP) is 1.48. The van der Waals surface area contributed by atoms with Gasteiger partial charge in [0.05, 0.1) is 13.0 Å². The minimum Gasteiger partial charge on any atom is -0.466 e. The number of aryl methyl sites for hydroxylation is 2. The summed E-state index contributed by atoms with van der Waals surface area (Å²) in [6, 6.07) is 1.90. The summed E-state index contributed by atoms with van der Waals surface area (Å²) in [5, 5.41) is 0. The van der Waals surface area contributed by atoms with Crippen molar-refractivity contribution in [1.82, 2.24) is 9.97 Å². The van der Waals surface area contributed by atoms with Gasteiger partial charge in [-0.3, -0.25) is 4.79 Å². The van der Waals surface area contributed by atoms with Gasteiger partial charge in [-0.05, 0) is 20.8 Å². The lowest BCUT2D eigenvalue weighted by molar-refractivity contribution is -0.142. The number of ether oxygens (including phenoxy) is 1. The molecule has 94 valence electrons. The molecule has 0 N–H and O–H groups in total. The van der Waals surface area contributed by atoms with Crippen LogP contribution in [0, 0.1) is 13.8 Å². The molecule has 0 amide bonds. The van der Waals surface area contributed by atoms with Crippen molar-refractivity contribution in [2.24, 2.45) is 0 Å². The number of nitrogens with zero attached hydrogens (tertiary/aromatic N) is 3. The number of anilines is 1. The number of carbonyl (C=O) groups excluding carboxylic acids is 1. The summed E-state index contributed by atoms with van der Waals surface area (Å²) in [6.45, 7) is 6.61. The Kier molecular flexibility index (Phi) is 4.87. The van der Waals surface area contributed by atoms with E-state index in [0.29, 0.717) is 19.6 Å². The van der Waals surface area contributed by atoms with E-state index in [1.54, 1.807) is 6.92 Å². The Balaban J connectivity index is 2.57. The molecule has 0 spiro atoms. The van der Waals surface area contributed by atoms with Crippen molar-refractivity contribution in [3.8, 4) is 0 Å². The molecule has 1 aromatic rings. The van der Waals surface area contributed by atoms with E-state index in [1.165, 1.54) is 0 Å². The van der Waals surface area contributed by atoms with E-state index in [9.17, 15) is 4.79 Å². The first-order chi connectivity index (χ1) is 8.02. The molecule has 0 radical (unpaired) electrons. The maximum absolute atomic E-state index is 11.2. The van der Waals surface area contributed by atoms with Gasteiger partial charge in [-0.15, -0.1) is 0 Å². The zero-order chi connectivity index (χ0) is 12.8. The van der Waals surface area contributed by atoms with Crippen molar-refractivity contribution in [1.29, 1.82) is 0 Å². The van der Waals surface area contributed by atoms with Crippen LogP contribution in [0.3, 0.4) is 0 Å². The third-order valence-electron chi connectivity index (χ3n) is 2.30. The Labute approximate surface area is 102 Å². The van der Waals surface area contributed by atoms with Crippen LogP contribution >= 0.6 is 0 Å². The molecule has 0 aliphatic rings. The normalized spacial score (nSPS) is 10.1. The second-order valence-corrected chi connectivity index (χ2v) is 3.89. The highest BCUT2D eigenvalue weighted by molar-refractivity contribution is 5.70. The third-order valence-corrected chi connectivity index (χ3v) is 2.30. The molecule has 0 bridgehead atoms. The van der Waals surface area contributed by atoms with Crippen LogP contribution in [-0.2, 0) is 9.53 Å². The second kappa shape index (κ2) is 6.18. The summed E-state index contributed by atoms with van der Waals surface area (Å²) in [7, 11) is 1.90. The SMILES string of the molecule is CCOC(=O)CCN(C)c1cc(C)nc(C)n1. The average Bonchev–Trinajstić information content (AvgIpc) is 2.25. The largest absolute Gasteiger partial charge is 0.466 e. The molecule has 0 aliphatic heterocycles. The van der Waals surface area contributed by atoms with E-state index in [4.69, 9.17) is 4.74 Å². The van der Waals surface area contributed by atoms with E-state index in [2.05, 4.69) is 9.97 Å². The van der Waals surface area contributed by atoms with Gasteiger partial charge in [-0.1, -0.05) is 0 Å². The summed E-state index contributed by atoms with van der Waals surface area (Å²) in [5.41, 5.74) is 0.926. The maximum atomic E-state index is 11.2. The molecule has 1 rings (SSSR count). The first kappa shape index (κ1) is 13.4. The minimum absolute atomic E-state index is 0.179. The van der Waals surface area contributed by atoms with E-state index < -0.39 is 0 Å². The molecule has 5 nitrogen and oxygen atoms in total. The molecule has 0 unspecified atom stereocenters. The lowest BCUT2D eigenvalue weighted by atomic mass is 10.3. The molecule has 0 saturated heterocycles. The molecule has 1 heterocycles. The molecule has 17 heavy (non-hydrogen) atoms. The van der Waals surface area contributed by atoms with Gasteiger partial charge < -0.3 is 9.64 Å². The molecular formula is C12H19N3O2. The number of hydrogen-bond donors (Lipinski definition) is 0. The van der Waals surface area contributed by atoms with E-state index in [0.717, 1.165) is 17.3 Å². The summed E-state index contributed by atoms with van der Waals surface area (Å²) in [4.78, 5) is 21.7. The predicted molar refractivity (Wildman–Crippen MR) is 66.0 cm³/mol. The van der Waals surface area contributed by atoms with Crippen molar-refractivity contribution in [2.75, 3.05) is 25.1 Å². The Morgan fingerprint density at radius 3 is 2.71 bits per heavy atom. The smallest absolute Gasteiger partial charge is 0.307 e. The van der Waals surface area contributed by atoms with E-state index in [-0.39, 0.29) is 5.97 Å². The van der Waals surface area contributed by atoms with Crippen LogP contribution in [0.1, 0.15) is 24.9 Å². The molecule has 0 atom stereocenters. The van der Waals surface area contributed by atoms with Crippen molar-refractivity contribution in [3.05, 3.63) is 17.6 Å². The fraction of sp³-hybridized carbons (Fsp3) is 0.583. The van der Waals surface area contributed by atoms with Crippen LogP contribution in [0.25, 0.3) is 0 Å². The monoisotopic (exact) mass is 237 g/mol. The van der Waals surface area contributed by atoms with Gasteiger partial charge in [0.25, 0.3) is 0 Å². The van der Waals surface area contributed by atoms with Crippen molar-refractivity contribution in [2.45, 2.75) is 27.2 Å². The fourth-order valence-corrected chi connectivity index (χ4v) is 1.50. The number of carbonyl (C=O) groups is 1. The van der Waals surface area contributed by atoms with Crippen molar-refractivity contribution >= 4 is 11.8 Å². The lowest BCUT2D eigenvalue weighted by Gasteiger charge is -2.18. The van der Waals surface area contributed by atoms with Gasteiger partial charge in [-0.25, -0.2) is 9.97 Å². The Hall–Kier alpha value is -1.65. The zero-order valence-electron chi connectivity index (χ0n) is 10.9. The zero-order valence-corrected chi connectivity index (χ0v) is 10.9. The number of rotatable bonds is 5. The Bertz CT molecular complexity index is 373. The highest BCUT2D eigenvalue weighted by Gasteiger charge is 2.08. The van der Waals surface area contributed by atoms with Crippen LogP contribution in [0.2, 0.25) is 0 Å². The van der Waals surface area contributed by atoms with Crippen LogP contribution in [0.5, 0.6) is 0 Å². The molecule has 5 heteroatoms. The third kappa shape index (κ3) is 4.38. The molecule has 0 aliphatic carbocycles. The summed E-state index contributed by atoms with van der Waals surface area (Å²) in [5.74, 6) is 1.39. The quantitative estimate of drug-likeness (QED) is 0.726. The topological polar surface area (TPSA) is 55.3 Å². The highest BCUT2D eigenvalue weighted by atomic mass is 16.5. The summed E-state index contributed by atoms with van der Waals surface area (Å²) < 4.78 is 4.88. The number of esters is 1. The van der Waals surface area contributed by atoms with E-state index in [1.807, 2.05) is 31.9 Å². The average molecular weight is 237 g/mol. The first-order valence-corrected chi connectivity index (χ1v) is 5.72. The molecule has 0 aromatic carbocycles. The highest BCUT2D eigenvalue weighted by Crippen LogP contribution is 2.10. The Morgan fingerprint density at radius 1 is 1.41 bits per heavy atom. The maximum Gasteiger partial charge on any atom is 0.307 e. The molecule has 1 aromatic heterocycles. The number of aromatic nitrogens is 2. The van der Waals surface area contributed by atoms with Gasteiger partial charge in [0.15, 0.2) is 0 Å². The fourth-order valence-electron chi connectivity index (χ4n) is 1.50. The van der Waals surface area contributed by atoms with Crippen LogP contribution in [-0.4, -0.2) is 36.1 Å². The van der Waals surface area contributed by atoms with Crippen LogP contribution < -0.4 is 4.90 Å². The van der Waals surface area contributed by atoms with Gasteiger partial charge in [0.1, 0.15) is 11.6 Å². The van der Waals surface area contributed by atoms with Gasteiger partial charge in [0.2, 0.25) is 0 Å². The van der Waals surface area contributed by atoms with Crippen molar-refractivity contribution in [3.63, 3.8) is 0 Å².